The number of para-hydroxylation sites is 1. The molecule has 128 valence electrons. The van der Waals surface area contributed by atoms with Crippen LogP contribution in [-0.4, -0.2) is 28.3 Å². The predicted molar refractivity (Wildman–Crippen MR) is 89.4 cm³/mol. The first-order valence-electron chi connectivity index (χ1n) is 7.82. The molecule has 3 aromatic rings. The van der Waals surface area contributed by atoms with Gasteiger partial charge < -0.3 is 14.5 Å². The smallest absolute Gasteiger partial charge is 0.374 e. The number of furan rings is 1. The van der Waals surface area contributed by atoms with Gasteiger partial charge in [-0.15, -0.1) is 0 Å². The Hall–Kier alpha value is -3.35. The Bertz CT molecular complexity index is 867. The lowest BCUT2D eigenvalue weighted by Gasteiger charge is -2.02. The zero-order chi connectivity index (χ0) is 17.6. The van der Waals surface area contributed by atoms with E-state index in [0.29, 0.717) is 11.5 Å². The Labute approximate surface area is 144 Å². The maximum absolute atomic E-state index is 12.2. The highest BCUT2D eigenvalue weighted by Gasteiger charge is 2.14. The highest BCUT2D eigenvalue weighted by molar-refractivity contribution is 5.92. The fraction of sp³-hybridized carbons (Fsp3) is 0.167. The summed E-state index contributed by atoms with van der Waals surface area (Å²) < 4.78 is 11.8. The van der Waals surface area contributed by atoms with Crippen LogP contribution in [0.2, 0.25) is 0 Å². The van der Waals surface area contributed by atoms with E-state index in [-0.39, 0.29) is 24.8 Å². The number of rotatable bonds is 6. The number of aromatic nitrogens is 2. The zero-order valence-electron chi connectivity index (χ0n) is 13.6. The van der Waals surface area contributed by atoms with E-state index < -0.39 is 5.97 Å². The highest BCUT2D eigenvalue weighted by atomic mass is 16.5. The van der Waals surface area contributed by atoms with Crippen molar-refractivity contribution >= 4 is 11.9 Å². The Morgan fingerprint density at radius 2 is 1.96 bits per heavy atom. The number of nitrogens with zero attached hydrogens (tertiary/aromatic N) is 2. The Morgan fingerprint density at radius 1 is 1.16 bits per heavy atom. The second kappa shape index (κ2) is 7.48. The van der Waals surface area contributed by atoms with E-state index in [1.807, 2.05) is 30.3 Å². The molecule has 0 aliphatic rings. The molecule has 0 saturated heterocycles. The number of nitrogens with one attached hydrogen (secondary N) is 1. The van der Waals surface area contributed by atoms with Gasteiger partial charge in [0.05, 0.1) is 18.8 Å². The number of esters is 1. The molecule has 0 saturated carbocycles. The minimum atomic E-state index is -0.526. The number of carbonyl (C=O) groups is 2. The molecular weight excluding hydrogens is 322 g/mol. The molecule has 0 aliphatic carbocycles. The third kappa shape index (κ3) is 3.95. The van der Waals surface area contributed by atoms with Crippen LogP contribution in [0.4, 0.5) is 0 Å². The SMILES string of the molecule is CCOC(=O)c1ccc(CNC(=O)c2ccn(-c3ccccc3)n2)o1. The van der Waals surface area contributed by atoms with E-state index in [9.17, 15) is 9.59 Å². The van der Waals surface area contributed by atoms with Gasteiger partial charge in [-0.3, -0.25) is 4.79 Å². The lowest BCUT2D eigenvalue weighted by molar-refractivity contribution is 0.0488. The van der Waals surface area contributed by atoms with E-state index in [2.05, 4.69) is 10.4 Å². The van der Waals surface area contributed by atoms with Crippen molar-refractivity contribution in [1.29, 1.82) is 0 Å². The van der Waals surface area contributed by atoms with Crippen molar-refractivity contribution in [3.8, 4) is 5.69 Å². The van der Waals surface area contributed by atoms with Crippen molar-refractivity contribution in [2.45, 2.75) is 13.5 Å². The molecule has 0 radical (unpaired) electrons. The van der Waals surface area contributed by atoms with Gasteiger partial charge in [0.1, 0.15) is 5.76 Å². The summed E-state index contributed by atoms with van der Waals surface area (Å²) in [5.74, 6) is -0.288. The van der Waals surface area contributed by atoms with Gasteiger partial charge in [-0.1, -0.05) is 18.2 Å². The van der Waals surface area contributed by atoms with E-state index in [4.69, 9.17) is 9.15 Å². The minimum Gasteiger partial charge on any atom is -0.460 e. The van der Waals surface area contributed by atoms with Crippen LogP contribution >= 0.6 is 0 Å². The number of amides is 1. The molecule has 0 atom stereocenters. The predicted octanol–water partition coefficient (Wildman–Crippen LogP) is 2.57. The summed E-state index contributed by atoms with van der Waals surface area (Å²) in [6, 6.07) is 14.3. The topological polar surface area (TPSA) is 86.4 Å². The molecule has 3 rings (SSSR count). The highest BCUT2D eigenvalue weighted by Crippen LogP contribution is 2.10. The molecule has 0 unspecified atom stereocenters. The lowest BCUT2D eigenvalue weighted by atomic mass is 10.3. The van der Waals surface area contributed by atoms with Gasteiger partial charge in [-0.2, -0.15) is 5.10 Å². The molecule has 1 N–H and O–H groups in total. The average Bonchev–Trinajstić information content (AvgIpc) is 3.30. The summed E-state index contributed by atoms with van der Waals surface area (Å²) in [7, 11) is 0. The molecular formula is C18H17N3O4. The minimum absolute atomic E-state index is 0.111. The largest absolute Gasteiger partial charge is 0.460 e. The van der Waals surface area contributed by atoms with Crippen LogP contribution in [0.25, 0.3) is 5.69 Å². The fourth-order valence-corrected chi connectivity index (χ4v) is 2.21. The molecule has 2 aromatic heterocycles. The molecule has 1 amide bonds. The number of ether oxygens (including phenoxy) is 1. The molecule has 0 fully saturated rings. The van der Waals surface area contributed by atoms with Crippen molar-refractivity contribution in [2.24, 2.45) is 0 Å². The molecule has 7 heteroatoms. The Morgan fingerprint density at radius 3 is 2.72 bits per heavy atom. The number of carbonyl (C=O) groups excluding carboxylic acids is 2. The van der Waals surface area contributed by atoms with Crippen LogP contribution in [-0.2, 0) is 11.3 Å². The first kappa shape index (κ1) is 16.5. The number of hydrogen-bond donors (Lipinski definition) is 1. The van der Waals surface area contributed by atoms with Crippen molar-refractivity contribution in [2.75, 3.05) is 6.61 Å². The van der Waals surface area contributed by atoms with Crippen LogP contribution < -0.4 is 5.32 Å². The Kier molecular flexibility index (Phi) is 4.94. The van der Waals surface area contributed by atoms with Crippen molar-refractivity contribution < 1.29 is 18.7 Å². The zero-order valence-corrected chi connectivity index (χ0v) is 13.6. The molecule has 25 heavy (non-hydrogen) atoms. The maximum atomic E-state index is 12.2. The van der Waals surface area contributed by atoms with Crippen LogP contribution in [0.15, 0.2) is 59.1 Å². The monoisotopic (exact) mass is 339 g/mol. The summed E-state index contributed by atoms with van der Waals surface area (Å²) in [4.78, 5) is 23.7. The van der Waals surface area contributed by atoms with Crippen molar-refractivity contribution in [3.05, 3.63) is 71.9 Å². The van der Waals surface area contributed by atoms with E-state index in [0.717, 1.165) is 5.69 Å². The Balaban J connectivity index is 1.60. The van der Waals surface area contributed by atoms with Crippen LogP contribution in [0.1, 0.15) is 33.7 Å². The van der Waals surface area contributed by atoms with Crippen LogP contribution in [0.5, 0.6) is 0 Å². The molecule has 0 aliphatic heterocycles. The second-order valence-electron chi connectivity index (χ2n) is 5.15. The molecule has 1 aromatic carbocycles. The molecule has 0 spiro atoms. The standard InChI is InChI=1S/C18H17N3O4/c1-2-24-18(23)16-9-8-14(25-16)12-19-17(22)15-10-11-21(20-15)13-6-4-3-5-7-13/h3-11H,2,12H2,1H3,(H,19,22). The van der Waals surface area contributed by atoms with Crippen LogP contribution in [0, 0.1) is 0 Å². The van der Waals surface area contributed by atoms with Gasteiger partial charge in [0.15, 0.2) is 5.69 Å². The van der Waals surface area contributed by atoms with Gasteiger partial charge in [-0.05, 0) is 37.3 Å². The first-order chi connectivity index (χ1) is 12.2. The maximum Gasteiger partial charge on any atom is 0.374 e. The summed E-state index contributed by atoms with van der Waals surface area (Å²) in [5, 5.41) is 6.95. The van der Waals surface area contributed by atoms with Gasteiger partial charge in [-0.25, -0.2) is 9.48 Å². The van der Waals surface area contributed by atoms with Crippen molar-refractivity contribution in [1.82, 2.24) is 15.1 Å². The van der Waals surface area contributed by atoms with Gasteiger partial charge in [0, 0.05) is 6.20 Å². The normalized spacial score (nSPS) is 10.4. The van der Waals surface area contributed by atoms with E-state index >= 15 is 0 Å². The summed E-state index contributed by atoms with van der Waals surface area (Å²) in [6.45, 7) is 2.14. The quantitative estimate of drug-likeness (QED) is 0.698. The third-order valence-electron chi connectivity index (χ3n) is 3.40. The molecule has 2 heterocycles. The van der Waals surface area contributed by atoms with Gasteiger partial charge in [0.25, 0.3) is 5.91 Å². The lowest BCUT2D eigenvalue weighted by Crippen LogP contribution is -2.23. The first-order valence-corrected chi connectivity index (χ1v) is 7.82. The van der Waals surface area contributed by atoms with E-state index in [1.165, 1.54) is 6.07 Å². The molecule has 7 nitrogen and oxygen atoms in total. The number of hydrogen-bond acceptors (Lipinski definition) is 5. The van der Waals surface area contributed by atoms with E-state index in [1.54, 1.807) is 29.9 Å². The average molecular weight is 339 g/mol. The van der Waals surface area contributed by atoms with Gasteiger partial charge in [0.2, 0.25) is 5.76 Å². The van der Waals surface area contributed by atoms with Crippen molar-refractivity contribution in [3.63, 3.8) is 0 Å². The summed E-state index contributed by atoms with van der Waals surface area (Å²) in [5.41, 5.74) is 1.16. The summed E-state index contributed by atoms with van der Waals surface area (Å²) >= 11 is 0. The second-order valence-corrected chi connectivity index (χ2v) is 5.15. The van der Waals surface area contributed by atoms with Crippen LogP contribution in [0.3, 0.4) is 0 Å². The summed E-state index contributed by atoms with van der Waals surface area (Å²) in [6.07, 6.45) is 1.72. The third-order valence-corrected chi connectivity index (χ3v) is 3.40. The van der Waals surface area contributed by atoms with Gasteiger partial charge >= 0.3 is 5.97 Å². The fourth-order valence-electron chi connectivity index (χ4n) is 2.21. The molecule has 0 bridgehead atoms. The number of benzene rings is 1.